The summed E-state index contributed by atoms with van der Waals surface area (Å²) in [6.07, 6.45) is 0. The number of carbonyl (C=O) groups excluding carboxylic acids is 1. The average molecular weight is 322 g/mol. The van der Waals surface area contributed by atoms with Crippen LogP contribution in [0, 0.1) is 6.92 Å². The van der Waals surface area contributed by atoms with Crippen LogP contribution in [0.3, 0.4) is 0 Å². The number of thiophene rings is 1. The van der Waals surface area contributed by atoms with Gasteiger partial charge in [0.2, 0.25) is 0 Å². The topological polar surface area (TPSA) is 62.5 Å². The van der Waals surface area contributed by atoms with Crippen molar-refractivity contribution in [1.29, 1.82) is 0 Å². The fourth-order valence-electron chi connectivity index (χ4n) is 2.49. The Labute approximate surface area is 132 Å². The molecular formula is C14H18N4OS2. The molecule has 2 aromatic heterocycles. The predicted octanol–water partition coefficient (Wildman–Crippen LogP) is 2.05. The van der Waals surface area contributed by atoms with E-state index in [9.17, 15) is 4.79 Å². The van der Waals surface area contributed by atoms with Crippen LogP contribution in [0.15, 0.2) is 17.5 Å². The molecule has 21 heavy (non-hydrogen) atoms. The summed E-state index contributed by atoms with van der Waals surface area (Å²) in [4.78, 5) is 23.0. The van der Waals surface area contributed by atoms with Crippen molar-refractivity contribution in [3.8, 4) is 0 Å². The van der Waals surface area contributed by atoms with Crippen molar-refractivity contribution < 1.29 is 4.79 Å². The minimum Gasteiger partial charge on any atom is -0.375 e. The van der Waals surface area contributed by atoms with Gasteiger partial charge in [0, 0.05) is 37.6 Å². The lowest BCUT2D eigenvalue weighted by molar-refractivity contribution is 0.0633. The zero-order chi connectivity index (χ0) is 14.8. The maximum absolute atomic E-state index is 12.5. The standard InChI is InChI=1S/C14H18N4OS2/c1-10-12(21-14(15)16-10)13(19)18-6-4-17(5-7-18)9-11-3-2-8-20-11/h2-3,8H,4-7,9H2,1H3,(H2,15,16). The second-order valence-corrected chi connectivity index (χ2v) is 7.18. The number of carbonyl (C=O) groups is 1. The molecule has 1 aliphatic heterocycles. The highest BCUT2D eigenvalue weighted by atomic mass is 32.1. The zero-order valence-corrected chi connectivity index (χ0v) is 13.5. The highest BCUT2D eigenvalue weighted by Crippen LogP contribution is 2.22. The summed E-state index contributed by atoms with van der Waals surface area (Å²) in [5.74, 6) is 0.0671. The summed E-state index contributed by atoms with van der Waals surface area (Å²) in [6, 6.07) is 4.24. The quantitative estimate of drug-likeness (QED) is 0.939. The van der Waals surface area contributed by atoms with Crippen molar-refractivity contribution in [2.75, 3.05) is 31.9 Å². The van der Waals surface area contributed by atoms with Gasteiger partial charge in [-0.25, -0.2) is 4.98 Å². The van der Waals surface area contributed by atoms with Gasteiger partial charge in [-0.3, -0.25) is 9.69 Å². The van der Waals surface area contributed by atoms with Gasteiger partial charge in [-0.2, -0.15) is 0 Å². The number of nitrogens with two attached hydrogens (primary N) is 1. The predicted molar refractivity (Wildman–Crippen MR) is 86.8 cm³/mol. The highest BCUT2D eigenvalue weighted by Gasteiger charge is 2.25. The number of thiazole rings is 1. The number of piperazine rings is 1. The van der Waals surface area contributed by atoms with E-state index in [1.165, 1.54) is 16.2 Å². The Bertz CT molecular complexity index is 615. The summed E-state index contributed by atoms with van der Waals surface area (Å²) in [5, 5.41) is 2.57. The molecule has 0 aliphatic carbocycles. The molecule has 1 fully saturated rings. The van der Waals surface area contributed by atoms with Crippen molar-refractivity contribution >= 4 is 33.7 Å². The van der Waals surface area contributed by atoms with E-state index in [2.05, 4.69) is 27.4 Å². The number of aryl methyl sites for hydroxylation is 1. The van der Waals surface area contributed by atoms with Crippen LogP contribution >= 0.6 is 22.7 Å². The van der Waals surface area contributed by atoms with E-state index in [0.717, 1.165) is 38.4 Å². The Hall–Kier alpha value is -1.44. The molecule has 1 saturated heterocycles. The molecule has 3 heterocycles. The van der Waals surface area contributed by atoms with Crippen LogP contribution in [0.25, 0.3) is 0 Å². The van der Waals surface area contributed by atoms with E-state index in [4.69, 9.17) is 5.73 Å². The fourth-order valence-corrected chi connectivity index (χ4v) is 4.04. The van der Waals surface area contributed by atoms with Crippen LogP contribution in [0.5, 0.6) is 0 Å². The summed E-state index contributed by atoms with van der Waals surface area (Å²) < 4.78 is 0. The first-order valence-corrected chi connectivity index (χ1v) is 8.60. The normalized spacial score (nSPS) is 16.3. The van der Waals surface area contributed by atoms with Crippen molar-refractivity contribution in [2.24, 2.45) is 0 Å². The molecule has 0 spiro atoms. The van der Waals surface area contributed by atoms with Crippen LogP contribution in [-0.2, 0) is 6.54 Å². The maximum atomic E-state index is 12.5. The number of anilines is 1. The number of hydrogen-bond acceptors (Lipinski definition) is 6. The van der Waals surface area contributed by atoms with Gasteiger partial charge in [-0.15, -0.1) is 11.3 Å². The van der Waals surface area contributed by atoms with Crippen molar-refractivity contribution in [3.05, 3.63) is 33.0 Å². The van der Waals surface area contributed by atoms with Crippen LogP contribution in [0.4, 0.5) is 5.13 Å². The third-order valence-electron chi connectivity index (χ3n) is 3.63. The minimum atomic E-state index is 0.0671. The molecule has 3 rings (SSSR count). The van der Waals surface area contributed by atoms with Gasteiger partial charge < -0.3 is 10.6 Å². The van der Waals surface area contributed by atoms with Gasteiger partial charge in [-0.1, -0.05) is 17.4 Å². The van der Waals surface area contributed by atoms with E-state index in [1.807, 2.05) is 11.8 Å². The Kier molecular flexibility index (Phi) is 4.23. The van der Waals surface area contributed by atoms with Crippen LogP contribution in [0.2, 0.25) is 0 Å². The first-order valence-electron chi connectivity index (χ1n) is 6.90. The molecule has 7 heteroatoms. The smallest absolute Gasteiger partial charge is 0.266 e. The molecule has 0 aromatic carbocycles. The number of nitrogen functional groups attached to an aromatic ring is 1. The Morgan fingerprint density at radius 2 is 2.14 bits per heavy atom. The van der Waals surface area contributed by atoms with E-state index < -0.39 is 0 Å². The highest BCUT2D eigenvalue weighted by molar-refractivity contribution is 7.17. The Balaban J connectivity index is 1.58. The number of hydrogen-bond donors (Lipinski definition) is 1. The van der Waals surface area contributed by atoms with E-state index in [-0.39, 0.29) is 5.91 Å². The second-order valence-electron chi connectivity index (χ2n) is 5.11. The molecule has 5 nitrogen and oxygen atoms in total. The Morgan fingerprint density at radius 3 is 2.71 bits per heavy atom. The summed E-state index contributed by atoms with van der Waals surface area (Å²) in [5.41, 5.74) is 6.41. The van der Waals surface area contributed by atoms with E-state index in [0.29, 0.717) is 10.0 Å². The summed E-state index contributed by atoms with van der Waals surface area (Å²) in [7, 11) is 0. The molecule has 0 radical (unpaired) electrons. The van der Waals surface area contributed by atoms with Crippen LogP contribution in [0.1, 0.15) is 20.2 Å². The lowest BCUT2D eigenvalue weighted by Gasteiger charge is -2.34. The summed E-state index contributed by atoms with van der Waals surface area (Å²) in [6.45, 7) is 6.18. The van der Waals surface area contributed by atoms with E-state index >= 15 is 0 Å². The molecule has 0 saturated carbocycles. The van der Waals surface area contributed by atoms with E-state index in [1.54, 1.807) is 11.3 Å². The molecule has 112 valence electrons. The van der Waals surface area contributed by atoms with Crippen molar-refractivity contribution in [1.82, 2.24) is 14.8 Å². The largest absolute Gasteiger partial charge is 0.375 e. The number of aromatic nitrogens is 1. The molecule has 2 N–H and O–H groups in total. The molecule has 1 amide bonds. The van der Waals surface area contributed by atoms with Crippen LogP contribution < -0.4 is 5.73 Å². The third-order valence-corrected chi connectivity index (χ3v) is 5.46. The molecular weight excluding hydrogens is 304 g/mol. The van der Waals surface area contributed by atoms with Gasteiger partial charge in [-0.05, 0) is 18.4 Å². The Morgan fingerprint density at radius 1 is 1.38 bits per heavy atom. The van der Waals surface area contributed by atoms with Gasteiger partial charge in [0.15, 0.2) is 5.13 Å². The first-order chi connectivity index (χ1) is 10.1. The number of rotatable bonds is 3. The zero-order valence-electron chi connectivity index (χ0n) is 11.9. The maximum Gasteiger partial charge on any atom is 0.266 e. The van der Waals surface area contributed by atoms with Gasteiger partial charge in [0.1, 0.15) is 4.88 Å². The molecule has 0 atom stereocenters. The van der Waals surface area contributed by atoms with Crippen molar-refractivity contribution in [2.45, 2.75) is 13.5 Å². The summed E-state index contributed by atoms with van der Waals surface area (Å²) >= 11 is 3.07. The second kappa shape index (κ2) is 6.13. The van der Waals surface area contributed by atoms with Crippen molar-refractivity contribution in [3.63, 3.8) is 0 Å². The van der Waals surface area contributed by atoms with Gasteiger partial charge in [0.25, 0.3) is 5.91 Å². The third kappa shape index (κ3) is 3.25. The monoisotopic (exact) mass is 322 g/mol. The average Bonchev–Trinajstić information content (AvgIpc) is 3.08. The fraction of sp³-hybridized carbons (Fsp3) is 0.429. The molecule has 0 unspecified atom stereocenters. The molecule has 1 aliphatic rings. The van der Waals surface area contributed by atoms with Gasteiger partial charge in [0.05, 0.1) is 5.69 Å². The SMILES string of the molecule is Cc1nc(N)sc1C(=O)N1CCN(Cc2cccs2)CC1. The first kappa shape index (κ1) is 14.5. The number of nitrogens with zero attached hydrogens (tertiary/aromatic N) is 3. The lowest BCUT2D eigenvalue weighted by Crippen LogP contribution is -2.48. The lowest BCUT2D eigenvalue weighted by atomic mass is 10.2. The molecule has 0 bridgehead atoms. The van der Waals surface area contributed by atoms with Gasteiger partial charge >= 0.3 is 0 Å². The van der Waals surface area contributed by atoms with Crippen LogP contribution in [-0.4, -0.2) is 46.9 Å². The molecule has 2 aromatic rings. The number of amides is 1. The minimum absolute atomic E-state index is 0.0671.